The molecule has 0 aliphatic carbocycles. The van der Waals surface area contributed by atoms with Crippen LogP contribution < -0.4 is 5.32 Å². The summed E-state index contributed by atoms with van der Waals surface area (Å²) >= 11 is 0. The van der Waals surface area contributed by atoms with Crippen LogP contribution in [-0.2, 0) is 6.42 Å². The highest BCUT2D eigenvalue weighted by Crippen LogP contribution is 2.21. The van der Waals surface area contributed by atoms with Gasteiger partial charge < -0.3 is 5.32 Å². The molecule has 0 aromatic heterocycles. The number of unbranched alkanes of at least 4 members (excludes halogenated alkanes) is 2. The molecule has 0 unspecified atom stereocenters. The molecule has 23 heavy (non-hydrogen) atoms. The van der Waals surface area contributed by atoms with E-state index in [1.165, 1.54) is 42.4 Å². The van der Waals surface area contributed by atoms with Crippen molar-refractivity contribution in [3.8, 4) is 11.1 Å². The fourth-order valence-electron chi connectivity index (χ4n) is 2.84. The highest BCUT2D eigenvalue weighted by atomic mass is 14.9. The third-order valence-electron chi connectivity index (χ3n) is 4.48. The van der Waals surface area contributed by atoms with Gasteiger partial charge in [-0.1, -0.05) is 74.4 Å². The molecule has 0 spiro atoms. The van der Waals surface area contributed by atoms with Crippen LogP contribution >= 0.6 is 0 Å². The van der Waals surface area contributed by atoms with E-state index < -0.39 is 0 Å². The van der Waals surface area contributed by atoms with Gasteiger partial charge in [-0.05, 0) is 56.3 Å². The molecule has 2 aromatic rings. The second-order valence-electron chi connectivity index (χ2n) is 7.08. The van der Waals surface area contributed by atoms with Crippen LogP contribution in [0, 0.1) is 0 Å². The van der Waals surface area contributed by atoms with Gasteiger partial charge in [-0.25, -0.2) is 0 Å². The molecule has 0 saturated carbocycles. The van der Waals surface area contributed by atoms with Gasteiger partial charge in [-0.3, -0.25) is 0 Å². The van der Waals surface area contributed by atoms with Gasteiger partial charge >= 0.3 is 0 Å². The largest absolute Gasteiger partial charge is 0.312 e. The zero-order valence-electron chi connectivity index (χ0n) is 14.9. The molecule has 0 saturated heterocycles. The molecule has 0 radical (unpaired) electrons. The molecule has 0 atom stereocenters. The minimum Gasteiger partial charge on any atom is -0.312 e. The normalized spacial score (nSPS) is 11.6. The topological polar surface area (TPSA) is 12.0 Å². The summed E-state index contributed by atoms with van der Waals surface area (Å²) in [5, 5.41) is 3.70. The molecule has 0 aliphatic heterocycles. The number of benzene rings is 2. The molecule has 2 aromatic carbocycles. The molecule has 0 fully saturated rings. The quantitative estimate of drug-likeness (QED) is 0.573. The third kappa shape index (κ3) is 6.19. The molecule has 1 heteroatoms. The average Bonchev–Trinajstić information content (AvgIpc) is 2.58. The van der Waals surface area contributed by atoms with E-state index in [0.29, 0.717) is 0 Å². The maximum Gasteiger partial charge on any atom is 0.0128 e. The summed E-state index contributed by atoms with van der Waals surface area (Å²) in [5.74, 6) is 0. The van der Waals surface area contributed by atoms with Crippen LogP contribution in [0.15, 0.2) is 54.6 Å². The summed E-state index contributed by atoms with van der Waals surface area (Å²) in [5.41, 5.74) is 4.22. The monoisotopic (exact) mass is 309 g/mol. The SMILES string of the molecule is CCCCCNC(C)(C)CCc1ccc(-c2ccccc2)cc1. The van der Waals surface area contributed by atoms with Crippen LogP contribution in [0.1, 0.15) is 52.0 Å². The van der Waals surface area contributed by atoms with Gasteiger partial charge in [-0.15, -0.1) is 0 Å². The standard InChI is InChI=1S/C22H31N/c1-4-5-9-18-23-22(2,3)17-16-19-12-14-21(15-13-19)20-10-7-6-8-11-20/h6-8,10-15,23H,4-5,9,16-18H2,1-3H3. The van der Waals surface area contributed by atoms with Gasteiger partial charge in [0.15, 0.2) is 0 Å². The highest BCUT2D eigenvalue weighted by Gasteiger charge is 2.16. The molecule has 1 nitrogen and oxygen atoms in total. The first-order valence-electron chi connectivity index (χ1n) is 9.00. The van der Waals surface area contributed by atoms with E-state index in [0.717, 1.165) is 13.0 Å². The summed E-state index contributed by atoms with van der Waals surface area (Å²) in [6, 6.07) is 19.6. The molecule has 0 heterocycles. The number of aryl methyl sites for hydroxylation is 1. The van der Waals surface area contributed by atoms with Crippen molar-refractivity contribution >= 4 is 0 Å². The van der Waals surface area contributed by atoms with Crippen LogP contribution in [0.25, 0.3) is 11.1 Å². The maximum absolute atomic E-state index is 3.70. The summed E-state index contributed by atoms with van der Waals surface area (Å²) in [6.45, 7) is 8.02. The van der Waals surface area contributed by atoms with Crippen LogP contribution in [0.4, 0.5) is 0 Å². The number of nitrogens with one attached hydrogen (secondary N) is 1. The lowest BCUT2D eigenvalue weighted by molar-refractivity contribution is 0.358. The van der Waals surface area contributed by atoms with Crippen molar-refractivity contribution in [2.75, 3.05) is 6.54 Å². The lowest BCUT2D eigenvalue weighted by Crippen LogP contribution is -2.40. The van der Waals surface area contributed by atoms with E-state index in [1.807, 2.05) is 0 Å². The Morgan fingerprint density at radius 3 is 2.13 bits per heavy atom. The fourth-order valence-corrected chi connectivity index (χ4v) is 2.84. The summed E-state index contributed by atoms with van der Waals surface area (Å²) in [4.78, 5) is 0. The van der Waals surface area contributed by atoms with Crippen LogP contribution in [0.3, 0.4) is 0 Å². The predicted octanol–water partition coefficient (Wildman–Crippen LogP) is 5.84. The first-order chi connectivity index (χ1) is 11.1. The van der Waals surface area contributed by atoms with Crippen LogP contribution in [0.2, 0.25) is 0 Å². The lowest BCUT2D eigenvalue weighted by atomic mass is 9.94. The summed E-state index contributed by atoms with van der Waals surface area (Å²) in [7, 11) is 0. The third-order valence-corrected chi connectivity index (χ3v) is 4.48. The van der Waals surface area contributed by atoms with Gasteiger partial charge in [0.05, 0.1) is 0 Å². The highest BCUT2D eigenvalue weighted by molar-refractivity contribution is 5.63. The smallest absolute Gasteiger partial charge is 0.0128 e. The van der Waals surface area contributed by atoms with Crippen molar-refractivity contribution in [3.63, 3.8) is 0 Å². The Hall–Kier alpha value is -1.60. The Morgan fingerprint density at radius 1 is 0.826 bits per heavy atom. The predicted molar refractivity (Wildman–Crippen MR) is 102 cm³/mol. The first-order valence-corrected chi connectivity index (χ1v) is 9.00. The number of hydrogen-bond donors (Lipinski definition) is 1. The second-order valence-corrected chi connectivity index (χ2v) is 7.08. The van der Waals surface area contributed by atoms with Crippen molar-refractivity contribution in [1.29, 1.82) is 0 Å². The Kier molecular flexibility index (Phi) is 6.85. The number of hydrogen-bond acceptors (Lipinski definition) is 1. The molecular weight excluding hydrogens is 278 g/mol. The van der Waals surface area contributed by atoms with Crippen molar-refractivity contribution < 1.29 is 0 Å². The van der Waals surface area contributed by atoms with Crippen molar-refractivity contribution in [2.24, 2.45) is 0 Å². The Balaban J connectivity index is 1.84. The van der Waals surface area contributed by atoms with Crippen molar-refractivity contribution in [1.82, 2.24) is 5.32 Å². The average molecular weight is 309 g/mol. The first kappa shape index (κ1) is 17.7. The number of rotatable bonds is 9. The minimum absolute atomic E-state index is 0.214. The molecule has 2 rings (SSSR count). The van der Waals surface area contributed by atoms with Gasteiger partial charge in [0.25, 0.3) is 0 Å². The van der Waals surface area contributed by atoms with E-state index in [4.69, 9.17) is 0 Å². The zero-order chi connectivity index (χ0) is 16.5. The van der Waals surface area contributed by atoms with Gasteiger partial charge in [0.2, 0.25) is 0 Å². The van der Waals surface area contributed by atoms with E-state index in [9.17, 15) is 0 Å². The second kappa shape index (κ2) is 8.88. The van der Waals surface area contributed by atoms with Crippen molar-refractivity contribution in [2.45, 2.75) is 58.4 Å². The van der Waals surface area contributed by atoms with E-state index in [-0.39, 0.29) is 5.54 Å². The van der Waals surface area contributed by atoms with Gasteiger partial charge in [0, 0.05) is 5.54 Å². The van der Waals surface area contributed by atoms with Gasteiger partial charge in [-0.2, -0.15) is 0 Å². The van der Waals surface area contributed by atoms with E-state index in [2.05, 4.69) is 80.7 Å². The minimum atomic E-state index is 0.214. The van der Waals surface area contributed by atoms with E-state index in [1.54, 1.807) is 0 Å². The lowest BCUT2D eigenvalue weighted by Gasteiger charge is -2.26. The summed E-state index contributed by atoms with van der Waals surface area (Å²) in [6.07, 6.45) is 6.19. The molecule has 0 amide bonds. The Morgan fingerprint density at radius 2 is 1.48 bits per heavy atom. The van der Waals surface area contributed by atoms with E-state index >= 15 is 0 Å². The van der Waals surface area contributed by atoms with Crippen LogP contribution in [-0.4, -0.2) is 12.1 Å². The van der Waals surface area contributed by atoms with Gasteiger partial charge in [0.1, 0.15) is 0 Å². The molecule has 124 valence electrons. The Labute approximate surface area is 142 Å². The molecule has 1 N–H and O–H groups in total. The zero-order valence-corrected chi connectivity index (χ0v) is 14.9. The van der Waals surface area contributed by atoms with Crippen LogP contribution in [0.5, 0.6) is 0 Å². The summed E-state index contributed by atoms with van der Waals surface area (Å²) < 4.78 is 0. The Bertz CT molecular complexity index is 554. The molecular formula is C22H31N. The van der Waals surface area contributed by atoms with Crippen molar-refractivity contribution in [3.05, 3.63) is 60.2 Å². The fraction of sp³-hybridized carbons (Fsp3) is 0.455. The molecule has 0 bridgehead atoms. The molecule has 0 aliphatic rings. The maximum atomic E-state index is 3.70.